The molecule has 0 bridgehead atoms. The monoisotopic (exact) mass is 341 g/mol. The molecule has 0 heterocycles. The lowest BCUT2D eigenvalue weighted by Gasteiger charge is -2.13. The zero-order valence-corrected chi connectivity index (χ0v) is 12.3. The highest BCUT2D eigenvalue weighted by Gasteiger charge is 2.38. The number of nitrogens with zero attached hydrogens (tertiary/aromatic N) is 1. The Kier molecular flexibility index (Phi) is 5.85. The summed E-state index contributed by atoms with van der Waals surface area (Å²) in [6.07, 6.45) is -5.03. The van der Waals surface area contributed by atoms with Gasteiger partial charge in [0.1, 0.15) is 0 Å². The number of rotatable bonds is 7. The average Bonchev–Trinajstić information content (AvgIpc) is 2.42. The van der Waals surface area contributed by atoms with E-state index in [1.54, 1.807) is 6.92 Å². The third-order valence-corrected chi connectivity index (χ3v) is 4.13. The molecule has 0 unspecified atom stereocenters. The maximum absolute atomic E-state index is 12.9. The van der Waals surface area contributed by atoms with Crippen LogP contribution >= 0.6 is 0 Å². The van der Waals surface area contributed by atoms with Crippen LogP contribution in [0.3, 0.4) is 0 Å². The molecule has 0 aromatic heterocycles. The van der Waals surface area contributed by atoms with Crippen molar-refractivity contribution in [1.29, 1.82) is 0 Å². The number of sulfonamides is 1. The van der Waals surface area contributed by atoms with Gasteiger partial charge >= 0.3 is 6.18 Å². The third kappa shape index (κ3) is 4.64. The summed E-state index contributed by atoms with van der Waals surface area (Å²) in [6.45, 7) is 2.49. The van der Waals surface area contributed by atoms with Crippen molar-refractivity contribution in [3.8, 4) is 0 Å². The summed E-state index contributed by atoms with van der Waals surface area (Å²) in [5.41, 5.74) is -2.41. The van der Waals surface area contributed by atoms with E-state index < -0.39 is 37.3 Å². The Labute approximate surface area is 124 Å². The van der Waals surface area contributed by atoms with Gasteiger partial charge in [-0.2, -0.15) is 13.2 Å². The minimum absolute atomic E-state index is 0.107. The topological polar surface area (TPSA) is 101 Å². The number of hydrogen-bond acceptors (Lipinski definition) is 5. The second kappa shape index (κ2) is 7.03. The van der Waals surface area contributed by atoms with Crippen LogP contribution in [-0.4, -0.2) is 33.0 Å². The number of hydrogen-bond donors (Lipinski definition) is 2. The number of non-ortho nitro benzene ring substituents is 1. The lowest BCUT2D eigenvalue weighted by atomic mass is 10.2. The van der Waals surface area contributed by atoms with Crippen molar-refractivity contribution < 1.29 is 26.5 Å². The molecule has 2 N–H and O–H groups in total. The van der Waals surface area contributed by atoms with Gasteiger partial charge in [0.05, 0.1) is 15.4 Å². The first-order valence-electron chi connectivity index (χ1n) is 6.15. The minimum Gasteiger partial charge on any atom is -0.316 e. The van der Waals surface area contributed by atoms with Gasteiger partial charge in [0.15, 0.2) is 0 Å². The van der Waals surface area contributed by atoms with E-state index in [0.717, 1.165) is 0 Å². The van der Waals surface area contributed by atoms with E-state index in [4.69, 9.17) is 0 Å². The summed E-state index contributed by atoms with van der Waals surface area (Å²) in [7, 11) is -4.43. The van der Waals surface area contributed by atoms with Crippen molar-refractivity contribution >= 4 is 15.7 Å². The van der Waals surface area contributed by atoms with Gasteiger partial charge in [0.2, 0.25) is 10.0 Å². The van der Waals surface area contributed by atoms with Crippen molar-refractivity contribution in [2.24, 2.45) is 0 Å². The Hall–Kier alpha value is -1.72. The summed E-state index contributed by atoms with van der Waals surface area (Å²) >= 11 is 0. The number of nitro groups is 1. The van der Waals surface area contributed by atoms with E-state index in [9.17, 15) is 31.7 Å². The molecule has 0 amide bonds. The SMILES string of the molecule is CCNCCNS(=O)(=O)c1ccc([N+](=O)[O-])cc1C(F)(F)F. The molecule has 11 heteroatoms. The van der Waals surface area contributed by atoms with Crippen molar-refractivity contribution in [2.75, 3.05) is 19.6 Å². The molecule has 0 atom stereocenters. The molecule has 0 aliphatic rings. The number of halogens is 3. The highest BCUT2D eigenvalue weighted by Crippen LogP contribution is 2.36. The van der Waals surface area contributed by atoms with E-state index in [1.807, 2.05) is 4.72 Å². The molecule has 0 spiro atoms. The zero-order valence-electron chi connectivity index (χ0n) is 11.5. The highest BCUT2D eigenvalue weighted by molar-refractivity contribution is 7.89. The maximum Gasteiger partial charge on any atom is 0.417 e. The van der Waals surface area contributed by atoms with Crippen LogP contribution in [-0.2, 0) is 16.2 Å². The lowest BCUT2D eigenvalue weighted by Crippen LogP contribution is -2.32. The van der Waals surface area contributed by atoms with Crippen molar-refractivity contribution in [1.82, 2.24) is 10.0 Å². The second-order valence-electron chi connectivity index (χ2n) is 4.19. The molecule has 22 heavy (non-hydrogen) atoms. The molecule has 0 saturated heterocycles. The van der Waals surface area contributed by atoms with Gasteiger partial charge in [0, 0.05) is 25.2 Å². The number of benzene rings is 1. The fourth-order valence-corrected chi connectivity index (χ4v) is 2.85. The quantitative estimate of drug-likeness (QED) is 0.445. The van der Waals surface area contributed by atoms with E-state index in [0.29, 0.717) is 18.7 Å². The van der Waals surface area contributed by atoms with E-state index >= 15 is 0 Å². The summed E-state index contributed by atoms with van der Waals surface area (Å²) < 4.78 is 64.7. The van der Waals surface area contributed by atoms with E-state index in [2.05, 4.69) is 5.32 Å². The van der Waals surface area contributed by atoms with Crippen molar-refractivity contribution in [2.45, 2.75) is 18.0 Å². The Bertz CT molecular complexity index is 646. The van der Waals surface area contributed by atoms with Crippen LogP contribution in [0, 0.1) is 10.1 Å². The van der Waals surface area contributed by atoms with Crippen LogP contribution in [0.5, 0.6) is 0 Å². The Morgan fingerprint density at radius 3 is 2.41 bits per heavy atom. The van der Waals surface area contributed by atoms with Gasteiger partial charge in [-0.15, -0.1) is 0 Å². The van der Waals surface area contributed by atoms with Crippen LogP contribution in [0.2, 0.25) is 0 Å². The van der Waals surface area contributed by atoms with Crippen LogP contribution in [0.25, 0.3) is 0 Å². The molecule has 7 nitrogen and oxygen atoms in total. The predicted octanol–water partition coefficient (Wildman–Crippen LogP) is 1.50. The molecule has 0 saturated carbocycles. The minimum atomic E-state index is -5.03. The first kappa shape index (κ1) is 18.3. The third-order valence-electron chi connectivity index (χ3n) is 2.61. The molecular formula is C11H14F3N3O4S. The summed E-state index contributed by atoms with van der Waals surface area (Å²) in [5.74, 6) is 0. The molecule has 1 aromatic carbocycles. The van der Waals surface area contributed by atoms with Gasteiger partial charge in [-0.1, -0.05) is 6.92 Å². The molecule has 124 valence electrons. The fourth-order valence-electron chi connectivity index (χ4n) is 1.62. The Morgan fingerprint density at radius 1 is 1.27 bits per heavy atom. The molecule has 1 rings (SSSR count). The fraction of sp³-hybridized carbons (Fsp3) is 0.455. The largest absolute Gasteiger partial charge is 0.417 e. The average molecular weight is 341 g/mol. The maximum atomic E-state index is 12.9. The summed E-state index contributed by atoms with van der Waals surface area (Å²) in [5, 5.41) is 13.4. The highest BCUT2D eigenvalue weighted by atomic mass is 32.2. The van der Waals surface area contributed by atoms with Crippen molar-refractivity contribution in [3.05, 3.63) is 33.9 Å². The van der Waals surface area contributed by atoms with Gasteiger partial charge < -0.3 is 5.32 Å². The number of likely N-dealkylation sites (N-methyl/N-ethyl adjacent to an activating group) is 1. The predicted molar refractivity (Wildman–Crippen MR) is 71.8 cm³/mol. The Morgan fingerprint density at radius 2 is 1.91 bits per heavy atom. The molecule has 1 aromatic rings. The van der Waals surface area contributed by atoms with Gasteiger partial charge in [-0.25, -0.2) is 13.1 Å². The van der Waals surface area contributed by atoms with Crippen molar-refractivity contribution in [3.63, 3.8) is 0 Å². The van der Waals surface area contributed by atoms with Crippen LogP contribution in [0.1, 0.15) is 12.5 Å². The molecule has 0 aliphatic heterocycles. The first-order valence-corrected chi connectivity index (χ1v) is 7.64. The smallest absolute Gasteiger partial charge is 0.316 e. The van der Waals surface area contributed by atoms with Crippen LogP contribution in [0.4, 0.5) is 18.9 Å². The van der Waals surface area contributed by atoms with E-state index in [-0.39, 0.29) is 19.2 Å². The molecule has 0 radical (unpaired) electrons. The molecule has 0 fully saturated rings. The first-order chi connectivity index (χ1) is 10.1. The number of nitrogens with one attached hydrogen (secondary N) is 2. The van der Waals surface area contributed by atoms with Gasteiger partial charge in [-0.05, 0) is 12.6 Å². The van der Waals surface area contributed by atoms with Crippen LogP contribution in [0.15, 0.2) is 23.1 Å². The zero-order chi connectivity index (χ0) is 17.0. The summed E-state index contributed by atoms with van der Waals surface area (Å²) in [6, 6.07) is 1.50. The Balaban J connectivity index is 3.20. The lowest BCUT2D eigenvalue weighted by molar-refractivity contribution is -0.385. The second-order valence-corrected chi connectivity index (χ2v) is 5.92. The molecule has 0 aliphatic carbocycles. The normalized spacial score (nSPS) is 12.4. The van der Waals surface area contributed by atoms with Gasteiger partial charge in [-0.3, -0.25) is 10.1 Å². The van der Waals surface area contributed by atoms with E-state index in [1.165, 1.54) is 0 Å². The number of alkyl halides is 3. The number of nitro benzene ring substituents is 1. The van der Waals surface area contributed by atoms with Crippen LogP contribution < -0.4 is 10.0 Å². The van der Waals surface area contributed by atoms with Gasteiger partial charge in [0.25, 0.3) is 5.69 Å². The molecular weight excluding hydrogens is 327 g/mol. The summed E-state index contributed by atoms with van der Waals surface area (Å²) in [4.78, 5) is 8.49. The standard InChI is InChI=1S/C11H14F3N3O4S/c1-2-15-5-6-16-22(20,21)10-4-3-8(17(18)19)7-9(10)11(12,13)14/h3-4,7,15-16H,2,5-6H2,1H3.